The lowest BCUT2D eigenvalue weighted by atomic mass is 10.0. The van der Waals surface area contributed by atoms with Crippen molar-refractivity contribution in [3.8, 4) is 5.75 Å². The van der Waals surface area contributed by atoms with Crippen LogP contribution in [0.4, 0.5) is 4.39 Å². The predicted octanol–water partition coefficient (Wildman–Crippen LogP) is 0.880. The van der Waals surface area contributed by atoms with Crippen LogP contribution in [0.2, 0.25) is 0 Å². The fourth-order valence-corrected chi connectivity index (χ4v) is 1.10. The first-order valence-electron chi connectivity index (χ1n) is 4.09. The smallest absolute Gasteiger partial charge is 0.165 e. The highest BCUT2D eigenvalue weighted by molar-refractivity contribution is 5.29. The summed E-state index contributed by atoms with van der Waals surface area (Å²) < 4.78 is 12.8. The van der Waals surface area contributed by atoms with Crippen LogP contribution in [0.1, 0.15) is 18.0 Å². The van der Waals surface area contributed by atoms with Gasteiger partial charge in [0.15, 0.2) is 11.6 Å². The molecular formula is C9H13FN2O. The fraction of sp³-hybridized carbons (Fsp3) is 0.333. The van der Waals surface area contributed by atoms with Gasteiger partial charge in [-0.2, -0.15) is 0 Å². The van der Waals surface area contributed by atoms with Crippen LogP contribution >= 0.6 is 0 Å². The van der Waals surface area contributed by atoms with E-state index in [0.29, 0.717) is 18.5 Å². The van der Waals surface area contributed by atoms with Gasteiger partial charge in [0.1, 0.15) is 0 Å². The molecule has 1 unspecified atom stereocenters. The second-order valence-electron chi connectivity index (χ2n) is 2.89. The number of phenolic OH excluding ortho intramolecular Hbond substituents is 1. The van der Waals surface area contributed by atoms with Crippen LogP contribution in [0.3, 0.4) is 0 Å². The fourth-order valence-electron chi connectivity index (χ4n) is 1.10. The van der Waals surface area contributed by atoms with Gasteiger partial charge in [0.25, 0.3) is 0 Å². The van der Waals surface area contributed by atoms with Crippen molar-refractivity contribution in [2.75, 3.05) is 6.54 Å². The van der Waals surface area contributed by atoms with E-state index >= 15 is 0 Å². The maximum Gasteiger partial charge on any atom is 0.165 e. The zero-order valence-corrected chi connectivity index (χ0v) is 7.20. The van der Waals surface area contributed by atoms with E-state index in [1.54, 1.807) is 6.07 Å². The van der Waals surface area contributed by atoms with Crippen molar-refractivity contribution in [3.63, 3.8) is 0 Å². The Morgan fingerprint density at radius 3 is 2.69 bits per heavy atom. The van der Waals surface area contributed by atoms with Gasteiger partial charge in [-0.1, -0.05) is 6.07 Å². The van der Waals surface area contributed by atoms with Crippen molar-refractivity contribution in [1.82, 2.24) is 0 Å². The van der Waals surface area contributed by atoms with Gasteiger partial charge in [-0.25, -0.2) is 4.39 Å². The first-order valence-corrected chi connectivity index (χ1v) is 4.09. The van der Waals surface area contributed by atoms with Gasteiger partial charge in [0.05, 0.1) is 0 Å². The molecule has 72 valence electrons. The molecule has 0 spiro atoms. The zero-order valence-electron chi connectivity index (χ0n) is 7.20. The lowest BCUT2D eigenvalue weighted by molar-refractivity contribution is 0.431. The van der Waals surface area contributed by atoms with Crippen molar-refractivity contribution in [2.45, 2.75) is 12.5 Å². The van der Waals surface area contributed by atoms with E-state index in [4.69, 9.17) is 16.6 Å². The zero-order chi connectivity index (χ0) is 9.84. The van der Waals surface area contributed by atoms with Gasteiger partial charge >= 0.3 is 0 Å². The third-order valence-corrected chi connectivity index (χ3v) is 1.88. The predicted molar refractivity (Wildman–Crippen MR) is 48.7 cm³/mol. The van der Waals surface area contributed by atoms with Gasteiger partial charge in [-0.15, -0.1) is 0 Å². The Kier molecular flexibility index (Phi) is 3.22. The Morgan fingerprint density at radius 1 is 1.46 bits per heavy atom. The summed E-state index contributed by atoms with van der Waals surface area (Å²) in [7, 11) is 0. The standard InChI is InChI=1S/C9H13FN2O/c10-7-5-6(1-2-9(7)13)8(12)3-4-11/h1-2,5,8,13H,3-4,11-12H2. The first kappa shape index (κ1) is 9.95. The van der Waals surface area contributed by atoms with E-state index in [1.807, 2.05) is 0 Å². The Balaban J connectivity index is 2.84. The van der Waals surface area contributed by atoms with Crippen LogP contribution in [-0.2, 0) is 0 Å². The summed E-state index contributed by atoms with van der Waals surface area (Å²) in [6.45, 7) is 0.462. The Morgan fingerprint density at radius 2 is 2.15 bits per heavy atom. The monoisotopic (exact) mass is 184 g/mol. The lowest BCUT2D eigenvalue weighted by Gasteiger charge is -2.10. The molecular weight excluding hydrogens is 171 g/mol. The van der Waals surface area contributed by atoms with Crippen LogP contribution in [0.5, 0.6) is 5.75 Å². The van der Waals surface area contributed by atoms with Crippen LogP contribution in [0, 0.1) is 5.82 Å². The highest BCUT2D eigenvalue weighted by atomic mass is 19.1. The highest BCUT2D eigenvalue weighted by Crippen LogP contribution is 2.20. The van der Waals surface area contributed by atoms with Crippen molar-refractivity contribution >= 4 is 0 Å². The van der Waals surface area contributed by atoms with E-state index in [-0.39, 0.29) is 11.8 Å². The number of aromatic hydroxyl groups is 1. The molecule has 4 heteroatoms. The van der Waals surface area contributed by atoms with Crippen LogP contribution < -0.4 is 11.5 Å². The summed E-state index contributed by atoms with van der Waals surface area (Å²) >= 11 is 0. The van der Waals surface area contributed by atoms with Crippen LogP contribution in [-0.4, -0.2) is 11.7 Å². The molecule has 5 N–H and O–H groups in total. The molecule has 0 fully saturated rings. The minimum Gasteiger partial charge on any atom is -0.505 e. The minimum atomic E-state index is -0.648. The average Bonchev–Trinajstić information content (AvgIpc) is 2.10. The molecule has 0 amide bonds. The summed E-state index contributed by atoms with van der Waals surface area (Å²) in [5.74, 6) is -1.01. The van der Waals surface area contributed by atoms with Crippen molar-refractivity contribution in [2.24, 2.45) is 11.5 Å². The maximum absolute atomic E-state index is 12.8. The lowest BCUT2D eigenvalue weighted by Crippen LogP contribution is -2.15. The van der Waals surface area contributed by atoms with Crippen LogP contribution in [0.15, 0.2) is 18.2 Å². The maximum atomic E-state index is 12.8. The van der Waals surface area contributed by atoms with Gasteiger partial charge < -0.3 is 16.6 Å². The molecule has 0 aliphatic carbocycles. The number of nitrogens with two attached hydrogens (primary N) is 2. The summed E-state index contributed by atoms with van der Waals surface area (Å²) in [4.78, 5) is 0. The van der Waals surface area contributed by atoms with E-state index in [2.05, 4.69) is 0 Å². The van der Waals surface area contributed by atoms with Gasteiger partial charge in [0, 0.05) is 6.04 Å². The largest absolute Gasteiger partial charge is 0.505 e. The number of phenols is 1. The summed E-state index contributed by atoms with van der Waals surface area (Å²) in [6.07, 6.45) is 0.601. The van der Waals surface area contributed by atoms with Gasteiger partial charge in [-0.05, 0) is 30.7 Å². The minimum absolute atomic E-state index is 0.264. The second kappa shape index (κ2) is 4.20. The molecule has 1 aromatic rings. The molecule has 0 aliphatic heterocycles. The average molecular weight is 184 g/mol. The molecule has 0 radical (unpaired) electrons. The third kappa shape index (κ3) is 2.40. The number of halogens is 1. The Bertz CT molecular complexity index is 291. The highest BCUT2D eigenvalue weighted by Gasteiger charge is 2.07. The second-order valence-corrected chi connectivity index (χ2v) is 2.89. The van der Waals surface area contributed by atoms with Crippen molar-refractivity contribution in [3.05, 3.63) is 29.6 Å². The molecule has 1 atom stereocenters. The van der Waals surface area contributed by atoms with Crippen molar-refractivity contribution < 1.29 is 9.50 Å². The molecule has 0 aliphatic rings. The molecule has 0 bridgehead atoms. The van der Waals surface area contributed by atoms with E-state index in [1.165, 1.54) is 12.1 Å². The molecule has 1 rings (SSSR count). The molecule has 0 heterocycles. The molecule has 1 aromatic carbocycles. The number of rotatable bonds is 3. The molecule has 0 saturated heterocycles. The summed E-state index contributed by atoms with van der Waals surface area (Å²) in [5.41, 5.74) is 11.7. The molecule has 13 heavy (non-hydrogen) atoms. The molecule has 0 saturated carbocycles. The van der Waals surface area contributed by atoms with Gasteiger partial charge in [0.2, 0.25) is 0 Å². The van der Waals surface area contributed by atoms with Crippen LogP contribution in [0.25, 0.3) is 0 Å². The van der Waals surface area contributed by atoms with Gasteiger partial charge in [-0.3, -0.25) is 0 Å². The van der Waals surface area contributed by atoms with E-state index < -0.39 is 5.82 Å². The molecule has 0 aromatic heterocycles. The quantitative estimate of drug-likeness (QED) is 0.653. The number of hydrogen-bond donors (Lipinski definition) is 3. The normalized spacial score (nSPS) is 12.8. The summed E-state index contributed by atoms with van der Waals surface area (Å²) in [5, 5.41) is 8.91. The van der Waals surface area contributed by atoms with E-state index in [0.717, 1.165) is 0 Å². The third-order valence-electron chi connectivity index (χ3n) is 1.88. The van der Waals surface area contributed by atoms with E-state index in [9.17, 15) is 4.39 Å². The Hall–Kier alpha value is -1.13. The molecule has 3 nitrogen and oxygen atoms in total. The number of benzene rings is 1. The SMILES string of the molecule is NCCC(N)c1ccc(O)c(F)c1. The number of hydrogen-bond acceptors (Lipinski definition) is 3. The topological polar surface area (TPSA) is 72.3 Å². The van der Waals surface area contributed by atoms with Crippen molar-refractivity contribution in [1.29, 1.82) is 0 Å². The summed E-state index contributed by atoms with van der Waals surface area (Å²) in [6, 6.07) is 3.86. The Labute approximate surface area is 76.2 Å². The first-order chi connectivity index (χ1) is 6.15.